The van der Waals surface area contributed by atoms with Gasteiger partial charge in [0.15, 0.2) is 16.7 Å². The first-order valence-electron chi connectivity index (χ1n) is 8.86. The van der Waals surface area contributed by atoms with Crippen LogP contribution in [0.5, 0.6) is 11.5 Å². The van der Waals surface area contributed by atoms with Gasteiger partial charge in [-0.05, 0) is 54.8 Å². The highest BCUT2D eigenvalue weighted by molar-refractivity contribution is 7.99. The zero-order valence-corrected chi connectivity index (χ0v) is 16.5. The van der Waals surface area contributed by atoms with E-state index >= 15 is 0 Å². The first kappa shape index (κ1) is 18.4. The van der Waals surface area contributed by atoms with Crippen molar-refractivity contribution in [2.24, 2.45) is 0 Å². The van der Waals surface area contributed by atoms with Crippen molar-refractivity contribution < 1.29 is 14.3 Å². The minimum Gasteiger partial charge on any atom is -0.454 e. The van der Waals surface area contributed by atoms with Crippen LogP contribution >= 0.6 is 11.8 Å². The van der Waals surface area contributed by atoms with Crippen LogP contribution in [0.4, 0.5) is 0 Å². The second-order valence-electron chi connectivity index (χ2n) is 6.51. The summed E-state index contributed by atoms with van der Waals surface area (Å²) in [5.74, 6) is 1.63. The van der Waals surface area contributed by atoms with E-state index in [9.17, 15) is 4.79 Å². The normalized spacial score (nSPS) is 12.2. The highest BCUT2D eigenvalue weighted by atomic mass is 32.2. The number of hydrogen-bond acceptors (Lipinski definition) is 6. The Morgan fingerprint density at radius 3 is 2.86 bits per heavy atom. The van der Waals surface area contributed by atoms with E-state index in [2.05, 4.69) is 41.5 Å². The van der Waals surface area contributed by atoms with Gasteiger partial charge in [-0.25, -0.2) is 0 Å². The lowest BCUT2D eigenvalue weighted by molar-refractivity contribution is -0.118. The van der Waals surface area contributed by atoms with E-state index in [0.717, 1.165) is 17.0 Å². The summed E-state index contributed by atoms with van der Waals surface area (Å²) in [6.45, 7) is 4.81. The van der Waals surface area contributed by atoms with Crippen LogP contribution in [0.25, 0.3) is 5.69 Å². The lowest BCUT2D eigenvalue weighted by Crippen LogP contribution is -2.24. The number of nitrogens with zero attached hydrogens (tertiary/aromatic N) is 3. The van der Waals surface area contributed by atoms with Gasteiger partial charge in [0.2, 0.25) is 12.7 Å². The Hall–Kier alpha value is -3.00. The van der Waals surface area contributed by atoms with Crippen LogP contribution in [0.1, 0.15) is 16.7 Å². The number of carbonyl (C=O) groups is 1. The lowest BCUT2D eigenvalue weighted by Gasteiger charge is -2.09. The van der Waals surface area contributed by atoms with Gasteiger partial charge in [-0.15, -0.1) is 10.2 Å². The number of carbonyl (C=O) groups excluding carboxylic acids is 1. The van der Waals surface area contributed by atoms with Gasteiger partial charge in [0.25, 0.3) is 0 Å². The molecule has 1 aromatic heterocycles. The number of thioether (sulfide) groups is 1. The summed E-state index contributed by atoms with van der Waals surface area (Å²) in [5.41, 5.74) is 4.37. The number of benzene rings is 2. The Morgan fingerprint density at radius 1 is 1.14 bits per heavy atom. The maximum Gasteiger partial charge on any atom is 0.231 e. The highest BCUT2D eigenvalue weighted by Crippen LogP contribution is 2.32. The zero-order chi connectivity index (χ0) is 19.5. The van der Waals surface area contributed by atoms with Crippen LogP contribution in [0.15, 0.2) is 47.9 Å². The van der Waals surface area contributed by atoms with Gasteiger partial charge in [0.1, 0.15) is 6.33 Å². The molecule has 8 heteroatoms. The number of nitrogens with one attached hydrogen (secondary N) is 1. The molecule has 4 rings (SSSR count). The Labute approximate surface area is 167 Å². The van der Waals surface area contributed by atoms with Gasteiger partial charge in [-0.2, -0.15) is 0 Å². The van der Waals surface area contributed by atoms with Gasteiger partial charge in [0.05, 0.1) is 5.75 Å². The van der Waals surface area contributed by atoms with Crippen LogP contribution in [0, 0.1) is 13.8 Å². The Morgan fingerprint density at radius 2 is 2.00 bits per heavy atom. The molecule has 0 bridgehead atoms. The number of aryl methyl sites for hydroxylation is 2. The predicted molar refractivity (Wildman–Crippen MR) is 106 cm³/mol. The fraction of sp³-hybridized carbons (Fsp3) is 0.250. The summed E-state index contributed by atoms with van der Waals surface area (Å²) in [4.78, 5) is 12.2. The van der Waals surface area contributed by atoms with E-state index in [0.29, 0.717) is 17.5 Å². The molecule has 7 nitrogen and oxygen atoms in total. The highest BCUT2D eigenvalue weighted by Gasteiger charge is 2.14. The maximum absolute atomic E-state index is 12.2. The number of aromatic nitrogens is 3. The third-order valence-corrected chi connectivity index (χ3v) is 5.49. The molecule has 1 aliphatic rings. The smallest absolute Gasteiger partial charge is 0.231 e. The minimum atomic E-state index is -0.0719. The van der Waals surface area contributed by atoms with E-state index in [1.54, 1.807) is 6.33 Å². The summed E-state index contributed by atoms with van der Waals surface area (Å²) < 4.78 is 12.5. The van der Waals surface area contributed by atoms with E-state index in [1.807, 2.05) is 28.8 Å². The van der Waals surface area contributed by atoms with E-state index in [1.165, 1.54) is 22.9 Å². The summed E-state index contributed by atoms with van der Waals surface area (Å²) in [6, 6.07) is 11.8. The number of ether oxygens (including phenoxy) is 2. The fourth-order valence-electron chi connectivity index (χ4n) is 2.81. The summed E-state index contributed by atoms with van der Waals surface area (Å²) in [5, 5.41) is 11.7. The van der Waals surface area contributed by atoms with Crippen molar-refractivity contribution >= 4 is 17.7 Å². The Bertz CT molecular complexity index is 1020. The van der Waals surface area contributed by atoms with Gasteiger partial charge < -0.3 is 14.8 Å². The minimum absolute atomic E-state index is 0.0719. The molecule has 0 saturated carbocycles. The SMILES string of the molecule is Cc1ccc(-n2cnnc2SCC(=O)NCc2ccc3c(c2)OCO3)cc1C. The third-order valence-electron chi connectivity index (χ3n) is 4.54. The van der Waals surface area contributed by atoms with E-state index in [-0.39, 0.29) is 18.5 Å². The molecule has 1 aliphatic heterocycles. The van der Waals surface area contributed by atoms with E-state index in [4.69, 9.17) is 9.47 Å². The van der Waals surface area contributed by atoms with Crippen LogP contribution in [0.3, 0.4) is 0 Å². The summed E-state index contributed by atoms with van der Waals surface area (Å²) in [6.07, 6.45) is 1.66. The van der Waals surface area contributed by atoms with E-state index < -0.39 is 0 Å². The lowest BCUT2D eigenvalue weighted by atomic mass is 10.1. The Kier molecular flexibility index (Phi) is 5.21. The summed E-state index contributed by atoms with van der Waals surface area (Å²) >= 11 is 1.35. The van der Waals surface area contributed by atoms with Crippen LogP contribution in [-0.4, -0.2) is 33.2 Å². The largest absolute Gasteiger partial charge is 0.454 e. The van der Waals surface area contributed by atoms with Crippen LogP contribution < -0.4 is 14.8 Å². The fourth-order valence-corrected chi connectivity index (χ4v) is 3.57. The summed E-state index contributed by atoms with van der Waals surface area (Å²) in [7, 11) is 0. The molecule has 2 heterocycles. The molecular weight excluding hydrogens is 376 g/mol. The van der Waals surface area contributed by atoms with Crippen molar-refractivity contribution in [3.8, 4) is 17.2 Å². The molecule has 0 atom stereocenters. The predicted octanol–water partition coefficient (Wildman–Crippen LogP) is 3.02. The number of amides is 1. The molecule has 0 saturated heterocycles. The quantitative estimate of drug-likeness (QED) is 0.646. The molecule has 144 valence electrons. The van der Waals surface area contributed by atoms with Crippen molar-refractivity contribution in [3.05, 3.63) is 59.4 Å². The molecule has 2 aromatic carbocycles. The average Bonchev–Trinajstić information content (AvgIpc) is 3.35. The first-order chi connectivity index (χ1) is 13.6. The molecule has 0 spiro atoms. The van der Waals surface area contributed by atoms with Crippen LogP contribution in [-0.2, 0) is 11.3 Å². The second-order valence-corrected chi connectivity index (χ2v) is 7.45. The molecule has 0 unspecified atom stereocenters. The molecule has 1 N–H and O–H groups in total. The number of rotatable bonds is 6. The van der Waals surface area contributed by atoms with Crippen molar-refractivity contribution in [2.75, 3.05) is 12.5 Å². The van der Waals surface area contributed by atoms with Crippen molar-refractivity contribution in [1.29, 1.82) is 0 Å². The van der Waals surface area contributed by atoms with Gasteiger partial charge >= 0.3 is 0 Å². The molecule has 0 fully saturated rings. The topological polar surface area (TPSA) is 78.3 Å². The molecule has 1 amide bonds. The number of fused-ring (bicyclic) bond motifs is 1. The Balaban J connectivity index is 1.34. The van der Waals surface area contributed by atoms with Gasteiger partial charge in [-0.1, -0.05) is 23.9 Å². The van der Waals surface area contributed by atoms with Crippen molar-refractivity contribution in [3.63, 3.8) is 0 Å². The van der Waals surface area contributed by atoms with Gasteiger partial charge in [-0.3, -0.25) is 9.36 Å². The van der Waals surface area contributed by atoms with Crippen LogP contribution in [0.2, 0.25) is 0 Å². The molecular formula is C20H20N4O3S. The molecule has 28 heavy (non-hydrogen) atoms. The van der Waals surface area contributed by atoms with Crippen molar-refractivity contribution in [1.82, 2.24) is 20.1 Å². The molecule has 0 radical (unpaired) electrons. The monoisotopic (exact) mass is 396 g/mol. The molecule has 3 aromatic rings. The zero-order valence-electron chi connectivity index (χ0n) is 15.6. The molecule has 0 aliphatic carbocycles. The average molecular weight is 396 g/mol. The van der Waals surface area contributed by atoms with Crippen molar-refractivity contribution in [2.45, 2.75) is 25.5 Å². The second kappa shape index (κ2) is 7.93. The first-order valence-corrected chi connectivity index (χ1v) is 9.84. The van der Waals surface area contributed by atoms with Gasteiger partial charge in [0, 0.05) is 12.2 Å². The third kappa shape index (κ3) is 3.96. The standard InChI is InChI=1S/C20H20N4O3S/c1-13-3-5-16(7-14(13)2)24-11-22-23-20(24)28-10-19(25)21-9-15-4-6-17-18(8-15)27-12-26-17/h3-8,11H,9-10,12H2,1-2H3,(H,21,25). The maximum atomic E-state index is 12.2. The number of hydrogen-bond donors (Lipinski definition) is 1.